The molecule has 3 nitrogen and oxygen atoms in total. The number of rotatable bonds is 3. The van der Waals surface area contributed by atoms with E-state index in [2.05, 4.69) is 24.4 Å². The lowest BCUT2D eigenvalue weighted by Gasteiger charge is -2.28. The molecule has 104 valence electrons. The number of hydrogen-bond donors (Lipinski definition) is 1. The maximum absolute atomic E-state index is 11.6. The molecule has 18 heavy (non-hydrogen) atoms. The van der Waals surface area contributed by atoms with Gasteiger partial charge in [0.1, 0.15) is 5.60 Å². The summed E-state index contributed by atoms with van der Waals surface area (Å²) >= 11 is 0. The highest BCUT2D eigenvalue weighted by Gasteiger charge is 2.23. The molecule has 3 heteroatoms. The second kappa shape index (κ2) is 6.81. The number of carbonyl (C=O) groups is 1. The van der Waals surface area contributed by atoms with Crippen LogP contribution in [0.25, 0.3) is 0 Å². The van der Waals surface area contributed by atoms with Crippen molar-refractivity contribution in [1.29, 1.82) is 0 Å². The monoisotopic (exact) mass is 253 g/mol. The van der Waals surface area contributed by atoms with E-state index in [0.717, 1.165) is 32.1 Å². The Bertz CT molecular complexity index is 283. The number of allylic oxidation sites excluding steroid dienone is 2. The van der Waals surface area contributed by atoms with Crippen molar-refractivity contribution in [2.75, 3.05) is 0 Å². The molecule has 0 saturated heterocycles. The molecule has 0 unspecified atom stereocenters. The summed E-state index contributed by atoms with van der Waals surface area (Å²) in [6, 6.07) is 0.283. The minimum absolute atomic E-state index is 0.282. The Kier molecular flexibility index (Phi) is 5.70. The van der Waals surface area contributed by atoms with E-state index in [1.54, 1.807) is 0 Å². The van der Waals surface area contributed by atoms with Crippen LogP contribution < -0.4 is 5.32 Å². The fraction of sp³-hybridized carbons (Fsp3) is 0.800. The molecule has 0 aliphatic heterocycles. The summed E-state index contributed by atoms with van der Waals surface area (Å²) in [5, 5.41) is 2.97. The Morgan fingerprint density at radius 2 is 1.89 bits per heavy atom. The fourth-order valence-corrected chi connectivity index (χ4v) is 2.26. The van der Waals surface area contributed by atoms with Gasteiger partial charge >= 0.3 is 6.09 Å². The predicted octanol–water partition coefficient (Wildman–Crippen LogP) is 4.04. The van der Waals surface area contributed by atoms with Gasteiger partial charge in [-0.3, -0.25) is 0 Å². The Hall–Kier alpha value is -0.990. The van der Waals surface area contributed by atoms with E-state index in [-0.39, 0.29) is 12.1 Å². The van der Waals surface area contributed by atoms with E-state index in [9.17, 15) is 4.79 Å². The number of carbonyl (C=O) groups excluding carboxylic acids is 1. The first-order valence-electron chi connectivity index (χ1n) is 7.07. The molecule has 1 aliphatic carbocycles. The molecule has 0 aromatic rings. The lowest BCUT2D eigenvalue weighted by molar-refractivity contribution is 0.0490. The third-order valence-electron chi connectivity index (χ3n) is 3.14. The van der Waals surface area contributed by atoms with Crippen molar-refractivity contribution in [2.45, 2.75) is 71.4 Å². The van der Waals surface area contributed by atoms with Crippen molar-refractivity contribution in [3.8, 4) is 0 Å². The van der Waals surface area contributed by atoms with Gasteiger partial charge in [-0.1, -0.05) is 19.1 Å². The summed E-state index contributed by atoms with van der Waals surface area (Å²) in [4.78, 5) is 11.6. The van der Waals surface area contributed by atoms with Gasteiger partial charge in [-0.05, 0) is 58.8 Å². The van der Waals surface area contributed by atoms with Crippen LogP contribution in [-0.4, -0.2) is 17.7 Å². The molecule has 1 amide bonds. The topological polar surface area (TPSA) is 38.3 Å². The van der Waals surface area contributed by atoms with Crippen LogP contribution in [0, 0.1) is 5.92 Å². The third kappa shape index (κ3) is 6.08. The van der Waals surface area contributed by atoms with E-state index < -0.39 is 5.60 Å². The number of amides is 1. The fourth-order valence-electron chi connectivity index (χ4n) is 2.26. The van der Waals surface area contributed by atoms with E-state index in [1.807, 2.05) is 20.8 Å². The highest BCUT2D eigenvalue weighted by Crippen LogP contribution is 2.25. The quantitative estimate of drug-likeness (QED) is 0.771. The molecule has 0 aromatic carbocycles. The molecule has 0 aromatic heterocycles. The second-order valence-electron chi connectivity index (χ2n) is 6.09. The SMILES string of the molecule is CCC=CC1CCC(NC(=O)OC(C)(C)C)CC1. The zero-order valence-electron chi connectivity index (χ0n) is 12.2. The van der Waals surface area contributed by atoms with Crippen LogP contribution in [0.4, 0.5) is 4.79 Å². The van der Waals surface area contributed by atoms with Crippen molar-refractivity contribution in [3.05, 3.63) is 12.2 Å². The summed E-state index contributed by atoms with van der Waals surface area (Å²) in [6.07, 6.45) is 9.82. The molecule has 0 spiro atoms. The molecule has 1 rings (SSSR count). The first-order valence-corrected chi connectivity index (χ1v) is 7.07. The van der Waals surface area contributed by atoms with Crippen molar-refractivity contribution in [3.63, 3.8) is 0 Å². The molecule has 0 heterocycles. The van der Waals surface area contributed by atoms with Crippen LogP contribution in [0.15, 0.2) is 12.2 Å². The highest BCUT2D eigenvalue weighted by molar-refractivity contribution is 5.68. The van der Waals surface area contributed by atoms with Crippen LogP contribution in [0.2, 0.25) is 0 Å². The normalized spacial score (nSPS) is 25.1. The average Bonchev–Trinajstić information content (AvgIpc) is 2.25. The van der Waals surface area contributed by atoms with Gasteiger partial charge in [-0.25, -0.2) is 4.79 Å². The van der Waals surface area contributed by atoms with Gasteiger partial charge in [-0.15, -0.1) is 0 Å². The maximum Gasteiger partial charge on any atom is 0.407 e. The van der Waals surface area contributed by atoms with Gasteiger partial charge in [0.05, 0.1) is 0 Å². The van der Waals surface area contributed by atoms with Crippen LogP contribution >= 0.6 is 0 Å². The predicted molar refractivity (Wildman–Crippen MR) is 74.5 cm³/mol. The molecule has 1 aliphatic rings. The van der Waals surface area contributed by atoms with E-state index in [1.165, 1.54) is 0 Å². The van der Waals surface area contributed by atoms with Crippen molar-refractivity contribution in [2.24, 2.45) is 5.92 Å². The smallest absolute Gasteiger partial charge is 0.407 e. The van der Waals surface area contributed by atoms with Gasteiger partial charge in [0, 0.05) is 6.04 Å². The maximum atomic E-state index is 11.6. The second-order valence-corrected chi connectivity index (χ2v) is 6.09. The van der Waals surface area contributed by atoms with Crippen LogP contribution in [0.3, 0.4) is 0 Å². The zero-order chi connectivity index (χ0) is 13.6. The van der Waals surface area contributed by atoms with E-state index >= 15 is 0 Å². The van der Waals surface area contributed by atoms with Gasteiger partial charge in [-0.2, -0.15) is 0 Å². The molecule has 0 radical (unpaired) electrons. The van der Waals surface area contributed by atoms with E-state index in [0.29, 0.717) is 5.92 Å². The average molecular weight is 253 g/mol. The Labute approximate surface area is 111 Å². The van der Waals surface area contributed by atoms with Crippen molar-refractivity contribution < 1.29 is 9.53 Å². The van der Waals surface area contributed by atoms with Gasteiger partial charge in [0.25, 0.3) is 0 Å². The molecule has 1 fully saturated rings. The largest absolute Gasteiger partial charge is 0.444 e. The molecular formula is C15H27NO2. The van der Waals surface area contributed by atoms with Crippen LogP contribution in [0.1, 0.15) is 59.8 Å². The van der Waals surface area contributed by atoms with Crippen molar-refractivity contribution >= 4 is 6.09 Å². The van der Waals surface area contributed by atoms with Crippen molar-refractivity contribution in [1.82, 2.24) is 5.32 Å². The molecule has 1 saturated carbocycles. The number of hydrogen-bond acceptors (Lipinski definition) is 2. The van der Waals surface area contributed by atoms with Crippen LogP contribution in [-0.2, 0) is 4.74 Å². The third-order valence-corrected chi connectivity index (χ3v) is 3.14. The summed E-state index contributed by atoms with van der Waals surface area (Å²) in [7, 11) is 0. The molecule has 0 bridgehead atoms. The first kappa shape index (κ1) is 15.1. The lowest BCUT2D eigenvalue weighted by atomic mass is 9.86. The van der Waals surface area contributed by atoms with Gasteiger partial charge in [0.2, 0.25) is 0 Å². The standard InChI is InChI=1S/C15H27NO2/c1-5-6-7-12-8-10-13(11-9-12)16-14(17)18-15(2,3)4/h6-7,12-13H,5,8-11H2,1-4H3,(H,16,17). The Morgan fingerprint density at radius 1 is 1.28 bits per heavy atom. The molecular weight excluding hydrogens is 226 g/mol. The summed E-state index contributed by atoms with van der Waals surface area (Å²) < 4.78 is 5.27. The number of nitrogens with one attached hydrogen (secondary N) is 1. The zero-order valence-corrected chi connectivity index (χ0v) is 12.2. The summed E-state index contributed by atoms with van der Waals surface area (Å²) in [6.45, 7) is 7.82. The number of alkyl carbamates (subject to hydrolysis) is 1. The first-order chi connectivity index (χ1) is 8.40. The minimum atomic E-state index is -0.412. The highest BCUT2D eigenvalue weighted by atomic mass is 16.6. The van der Waals surface area contributed by atoms with E-state index in [4.69, 9.17) is 4.74 Å². The molecule has 1 N–H and O–H groups in total. The van der Waals surface area contributed by atoms with Gasteiger partial charge < -0.3 is 10.1 Å². The summed E-state index contributed by atoms with van der Waals surface area (Å²) in [5.74, 6) is 0.696. The Balaban J connectivity index is 2.27. The van der Waals surface area contributed by atoms with Crippen LogP contribution in [0.5, 0.6) is 0 Å². The minimum Gasteiger partial charge on any atom is -0.444 e. The Morgan fingerprint density at radius 3 is 2.39 bits per heavy atom. The number of ether oxygens (including phenoxy) is 1. The lowest BCUT2D eigenvalue weighted by Crippen LogP contribution is -2.40. The molecule has 0 atom stereocenters. The summed E-state index contributed by atoms with van der Waals surface area (Å²) in [5.41, 5.74) is -0.412. The van der Waals surface area contributed by atoms with Gasteiger partial charge in [0.15, 0.2) is 0 Å².